The van der Waals surface area contributed by atoms with Crippen molar-refractivity contribution >= 4 is 10.1 Å². The van der Waals surface area contributed by atoms with Crippen molar-refractivity contribution in [3.05, 3.63) is 0 Å². The third-order valence-electron chi connectivity index (χ3n) is 1.79. The van der Waals surface area contributed by atoms with E-state index in [1.54, 1.807) is 0 Å². The fourth-order valence-corrected chi connectivity index (χ4v) is 1.91. The van der Waals surface area contributed by atoms with Gasteiger partial charge in [0.05, 0.1) is 6.61 Å². The molecule has 1 fully saturated rings. The van der Waals surface area contributed by atoms with E-state index < -0.39 is 40.5 Å². The Morgan fingerprint density at radius 3 is 2.00 bits per heavy atom. The normalized spacial score (nSPS) is 40.9. The highest BCUT2D eigenvalue weighted by Gasteiger charge is 2.48. The van der Waals surface area contributed by atoms with E-state index in [1.807, 2.05) is 0 Å². The van der Waals surface area contributed by atoms with E-state index in [0.717, 1.165) is 0 Å². The van der Waals surface area contributed by atoms with Crippen molar-refractivity contribution in [3.63, 3.8) is 0 Å². The van der Waals surface area contributed by atoms with Gasteiger partial charge in [-0.15, -0.1) is 0 Å². The first kappa shape index (κ1) is 10.8. The number of aliphatic hydroxyl groups excluding tert-OH is 3. The van der Waals surface area contributed by atoms with E-state index in [0.29, 0.717) is 0 Å². The highest BCUT2D eigenvalue weighted by Crippen LogP contribution is 2.24. The molecule has 1 aliphatic rings. The van der Waals surface area contributed by atoms with Crippen LogP contribution < -0.4 is 0 Å². The first-order chi connectivity index (χ1) is 5.88. The van der Waals surface area contributed by atoms with Gasteiger partial charge in [0.15, 0.2) is 0 Å². The third kappa shape index (κ3) is 1.98. The Morgan fingerprint density at radius 1 is 1.23 bits per heavy atom. The third-order valence-corrected chi connectivity index (χ3v) is 2.77. The number of rotatable bonds is 2. The molecule has 4 N–H and O–H groups in total. The number of ether oxygens (including phenoxy) is 1. The van der Waals surface area contributed by atoms with Crippen LogP contribution in [0.4, 0.5) is 0 Å². The van der Waals surface area contributed by atoms with Gasteiger partial charge in [-0.25, -0.2) is 0 Å². The van der Waals surface area contributed by atoms with Crippen molar-refractivity contribution in [1.29, 1.82) is 0 Å². The topological polar surface area (TPSA) is 124 Å². The number of hydrogen-bond donors (Lipinski definition) is 4. The second-order valence-corrected chi connectivity index (χ2v) is 4.22. The lowest BCUT2D eigenvalue weighted by Gasteiger charge is -2.10. The average molecular weight is 214 g/mol. The van der Waals surface area contributed by atoms with Crippen LogP contribution in [-0.2, 0) is 14.9 Å². The van der Waals surface area contributed by atoms with Gasteiger partial charge >= 0.3 is 0 Å². The van der Waals surface area contributed by atoms with Crippen molar-refractivity contribution in [2.24, 2.45) is 0 Å². The van der Waals surface area contributed by atoms with Gasteiger partial charge in [0.2, 0.25) is 5.44 Å². The Morgan fingerprint density at radius 2 is 1.77 bits per heavy atom. The molecule has 13 heavy (non-hydrogen) atoms. The zero-order chi connectivity index (χ0) is 10.2. The van der Waals surface area contributed by atoms with Crippen molar-refractivity contribution in [2.75, 3.05) is 6.61 Å². The lowest BCUT2D eigenvalue weighted by atomic mass is 10.2. The minimum Gasteiger partial charge on any atom is -0.394 e. The van der Waals surface area contributed by atoms with Crippen LogP contribution in [0.1, 0.15) is 0 Å². The van der Waals surface area contributed by atoms with Crippen molar-refractivity contribution in [3.8, 4) is 0 Å². The first-order valence-electron chi connectivity index (χ1n) is 3.46. The second-order valence-electron chi connectivity index (χ2n) is 2.72. The van der Waals surface area contributed by atoms with Crippen LogP contribution in [0, 0.1) is 0 Å². The standard InChI is InChI=1S/C5H10O7S/c6-1-2-3(7)4(8)5(12-2)13(9,10)11/h2-8H,1H2,(H,9,10,11)/t2-,3-,4+,5+/m1/s1. The number of hydrogen-bond acceptors (Lipinski definition) is 6. The quantitative estimate of drug-likeness (QED) is 0.369. The van der Waals surface area contributed by atoms with Gasteiger partial charge < -0.3 is 20.1 Å². The molecule has 1 aliphatic heterocycles. The maximum atomic E-state index is 10.5. The predicted octanol–water partition coefficient (Wildman–Crippen LogP) is -2.69. The Balaban J connectivity index is 2.84. The second kappa shape index (κ2) is 3.48. The molecule has 1 saturated heterocycles. The molecule has 1 rings (SSSR count). The van der Waals surface area contributed by atoms with E-state index in [-0.39, 0.29) is 0 Å². The van der Waals surface area contributed by atoms with Crippen LogP contribution in [0.2, 0.25) is 0 Å². The zero-order valence-corrected chi connectivity index (χ0v) is 7.25. The van der Waals surface area contributed by atoms with Crippen molar-refractivity contribution < 1.29 is 33.0 Å². The summed E-state index contributed by atoms with van der Waals surface area (Å²) in [6.45, 7) is -0.635. The molecule has 0 unspecified atom stereocenters. The van der Waals surface area contributed by atoms with Gasteiger partial charge in [-0.3, -0.25) is 4.55 Å². The zero-order valence-electron chi connectivity index (χ0n) is 6.44. The number of aliphatic hydroxyl groups is 3. The van der Waals surface area contributed by atoms with Gasteiger partial charge in [-0.05, 0) is 0 Å². The molecule has 0 aromatic heterocycles. The predicted molar refractivity (Wildman–Crippen MR) is 39.3 cm³/mol. The van der Waals surface area contributed by atoms with E-state index in [1.165, 1.54) is 0 Å². The van der Waals surface area contributed by atoms with E-state index in [2.05, 4.69) is 4.74 Å². The minimum absolute atomic E-state index is 0.635. The van der Waals surface area contributed by atoms with Crippen molar-refractivity contribution in [2.45, 2.75) is 23.7 Å². The summed E-state index contributed by atoms with van der Waals surface area (Å²) in [4.78, 5) is 0. The molecule has 0 aromatic rings. The summed E-state index contributed by atoms with van der Waals surface area (Å²) >= 11 is 0. The van der Waals surface area contributed by atoms with Crippen LogP contribution in [0.5, 0.6) is 0 Å². The van der Waals surface area contributed by atoms with Gasteiger partial charge in [-0.2, -0.15) is 8.42 Å². The van der Waals surface area contributed by atoms with E-state index in [9.17, 15) is 8.42 Å². The first-order valence-corrected chi connectivity index (χ1v) is 4.97. The summed E-state index contributed by atoms with van der Waals surface area (Å²) in [6.07, 6.45) is -4.45. The van der Waals surface area contributed by atoms with Crippen LogP contribution in [-0.4, -0.2) is 58.6 Å². The Hall–Kier alpha value is -0.250. The van der Waals surface area contributed by atoms with Crippen molar-refractivity contribution in [1.82, 2.24) is 0 Å². The lowest BCUT2D eigenvalue weighted by Crippen LogP contribution is -2.36. The smallest absolute Gasteiger partial charge is 0.295 e. The molecule has 0 saturated carbocycles. The highest BCUT2D eigenvalue weighted by atomic mass is 32.2. The minimum atomic E-state index is -4.57. The lowest BCUT2D eigenvalue weighted by molar-refractivity contribution is -0.00940. The SMILES string of the molecule is O=S(=O)(O)[C@@H]1O[C@H](CO)[C@@H](O)[C@@H]1O. The summed E-state index contributed by atoms with van der Waals surface area (Å²) in [7, 11) is -4.57. The molecule has 1 heterocycles. The largest absolute Gasteiger partial charge is 0.394 e. The Labute approximate surface area is 74.3 Å². The van der Waals surface area contributed by atoms with Gasteiger partial charge in [0.1, 0.15) is 18.3 Å². The Bertz CT molecular complexity index is 273. The molecule has 0 radical (unpaired) electrons. The molecule has 0 amide bonds. The molecule has 4 atom stereocenters. The van der Waals surface area contributed by atoms with Crippen LogP contribution in [0.25, 0.3) is 0 Å². The summed E-state index contributed by atoms with van der Waals surface area (Å²) in [6, 6.07) is 0. The maximum Gasteiger partial charge on any atom is 0.295 e. The van der Waals surface area contributed by atoms with Gasteiger partial charge in [-0.1, -0.05) is 0 Å². The summed E-state index contributed by atoms with van der Waals surface area (Å²) in [5.41, 5.74) is -1.89. The fraction of sp³-hybridized carbons (Fsp3) is 1.00. The summed E-state index contributed by atoms with van der Waals surface area (Å²) in [5, 5.41) is 26.7. The molecular weight excluding hydrogens is 204 g/mol. The summed E-state index contributed by atoms with van der Waals surface area (Å²) < 4.78 is 34.1. The van der Waals surface area contributed by atoms with Gasteiger partial charge in [0, 0.05) is 0 Å². The molecule has 0 aromatic carbocycles. The molecular formula is C5H10O7S. The molecule has 0 aliphatic carbocycles. The van der Waals surface area contributed by atoms with Crippen LogP contribution in [0.3, 0.4) is 0 Å². The van der Waals surface area contributed by atoms with Gasteiger partial charge in [0.25, 0.3) is 10.1 Å². The van der Waals surface area contributed by atoms with Crippen LogP contribution in [0.15, 0.2) is 0 Å². The molecule has 78 valence electrons. The molecule has 0 bridgehead atoms. The van der Waals surface area contributed by atoms with E-state index >= 15 is 0 Å². The maximum absolute atomic E-state index is 10.5. The average Bonchev–Trinajstić information content (AvgIpc) is 2.28. The monoisotopic (exact) mass is 214 g/mol. The molecule has 7 nitrogen and oxygen atoms in total. The molecule has 8 heteroatoms. The summed E-state index contributed by atoms with van der Waals surface area (Å²) in [5.74, 6) is 0. The van der Waals surface area contributed by atoms with E-state index in [4.69, 9.17) is 19.9 Å². The molecule has 0 spiro atoms. The highest BCUT2D eigenvalue weighted by molar-refractivity contribution is 7.86. The Kier molecular flexibility index (Phi) is 2.90. The van der Waals surface area contributed by atoms with Crippen LogP contribution >= 0.6 is 0 Å². The fourth-order valence-electron chi connectivity index (χ4n) is 1.11.